The summed E-state index contributed by atoms with van der Waals surface area (Å²) in [6.07, 6.45) is 1.26. The number of carbonyl (C=O) groups excluding carboxylic acids is 2. The van der Waals surface area contributed by atoms with Gasteiger partial charge in [0.05, 0.1) is 24.5 Å². The Labute approximate surface area is 171 Å². The van der Waals surface area contributed by atoms with E-state index in [4.69, 9.17) is 4.74 Å². The average Bonchev–Trinajstić information content (AvgIpc) is 2.80. The van der Waals surface area contributed by atoms with E-state index >= 15 is 0 Å². The zero-order valence-corrected chi connectivity index (χ0v) is 17.3. The van der Waals surface area contributed by atoms with Crippen molar-refractivity contribution < 1.29 is 14.3 Å². The molecule has 1 atom stereocenters. The Hall–Kier alpha value is -3.08. The number of rotatable bonds is 2. The van der Waals surface area contributed by atoms with Gasteiger partial charge in [-0.15, -0.1) is 0 Å². The van der Waals surface area contributed by atoms with E-state index in [0.29, 0.717) is 23.3 Å². The number of nitrogens with zero attached hydrogens (tertiary/aromatic N) is 1. The summed E-state index contributed by atoms with van der Waals surface area (Å²) < 4.78 is 5.21. The summed E-state index contributed by atoms with van der Waals surface area (Å²) in [5.74, 6) is 0.666. The number of ether oxygens (including phenoxy) is 1. The third kappa shape index (κ3) is 3.41. The molecule has 1 aliphatic heterocycles. The number of methoxy groups -OCH3 is 1. The number of benzene rings is 2. The highest BCUT2D eigenvalue weighted by atomic mass is 16.5. The van der Waals surface area contributed by atoms with Crippen LogP contribution >= 0.6 is 0 Å². The van der Waals surface area contributed by atoms with Gasteiger partial charge < -0.3 is 10.1 Å². The SMILES string of the molecule is COc1ccc(C(=O)N2c3ccccc3NC3=C(C(=O)CC(C)(C)C3)[C@H]2C)cc1. The first-order valence-electron chi connectivity index (χ1n) is 9.90. The van der Waals surface area contributed by atoms with Crippen LogP contribution in [0, 0.1) is 5.41 Å². The van der Waals surface area contributed by atoms with Gasteiger partial charge in [0.2, 0.25) is 0 Å². The first kappa shape index (κ1) is 19.2. The number of para-hydroxylation sites is 2. The van der Waals surface area contributed by atoms with Gasteiger partial charge in [0, 0.05) is 23.3 Å². The van der Waals surface area contributed by atoms with Crippen LogP contribution in [0.5, 0.6) is 5.75 Å². The molecule has 2 aromatic carbocycles. The summed E-state index contributed by atoms with van der Waals surface area (Å²) in [4.78, 5) is 28.4. The van der Waals surface area contributed by atoms with Crippen molar-refractivity contribution in [3.63, 3.8) is 0 Å². The van der Waals surface area contributed by atoms with E-state index in [-0.39, 0.29) is 23.1 Å². The van der Waals surface area contributed by atoms with Crippen LogP contribution in [0.1, 0.15) is 44.0 Å². The van der Waals surface area contributed by atoms with Gasteiger partial charge >= 0.3 is 0 Å². The van der Waals surface area contributed by atoms with Crippen molar-refractivity contribution in [3.8, 4) is 5.75 Å². The van der Waals surface area contributed by atoms with Crippen LogP contribution in [0.25, 0.3) is 0 Å². The van der Waals surface area contributed by atoms with Gasteiger partial charge in [0.1, 0.15) is 5.75 Å². The Morgan fingerprint density at radius 2 is 1.79 bits per heavy atom. The maximum atomic E-state index is 13.6. The molecular formula is C24H26N2O3. The largest absolute Gasteiger partial charge is 0.497 e. The number of nitrogens with one attached hydrogen (secondary N) is 1. The third-order valence-corrected chi connectivity index (χ3v) is 5.73. The molecule has 0 saturated heterocycles. The minimum atomic E-state index is -0.362. The highest BCUT2D eigenvalue weighted by Gasteiger charge is 2.40. The van der Waals surface area contributed by atoms with Gasteiger partial charge in [-0.1, -0.05) is 26.0 Å². The van der Waals surface area contributed by atoms with Gasteiger partial charge in [-0.05, 0) is 55.2 Å². The van der Waals surface area contributed by atoms with Gasteiger partial charge in [0.25, 0.3) is 5.91 Å². The molecule has 5 nitrogen and oxygen atoms in total. The molecule has 0 aromatic heterocycles. The second-order valence-corrected chi connectivity index (χ2v) is 8.55. The topological polar surface area (TPSA) is 58.6 Å². The van der Waals surface area contributed by atoms with Gasteiger partial charge in [0.15, 0.2) is 5.78 Å². The minimum absolute atomic E-state index is 0.104. The zero-order valence-electron chi connectivity index (χ0n) is 17.3. The summed E-state index contributed by atoms with van der Waals surface area (Å²) in [7, 11) is 1.60. The molecule has 150 valence electrons. The standard InChI is InChI=1S/C24H26N2O3/c1-15-22-19(13-24(2,3)14-21(22)27)25-18-7-5-6-8-20(18)26(15)23(28)16-9-11-17(29-4)12-10-16/h5-12,15,25H,13-14H2,1-4H3/t15-/m1/s1. The quantitative estimate of drug-likeness (QED) is 0.800. The van der Waals surface area contributed by atoms with E-state index in [1.54, 1.807) is 36.3 Å². The lowest BCUT2D eigenvalue weighted by Gasteiger charge is -2.35. The molecule has 0 saturated carbocycles. The van der Waals surface area contributed by atoms with Crippen molar-refractivity contribution in [3.05, 3.63) is 65.4 Å². The summed E-state index contributed by atoms with van der Waals surface area (Å²) in [5, 5.41) is 3.48. The van der Waals surface area contributed by atoms with Crippen LogP contribution in [0.15, 0.2) is 59.8 Å². The summed E-state index contributed by atoms with van der Waals surface area (Å²) >= 11 is 0. The van der Waals surface area contributed by atoms with Crippen molar-refractivity contribution >= 4 is 23.1 Å². The number of Topliss-reactive ketones (excluding diaryl/α,β-unsaturated/α-hetero) is 1. The lowest BCUT2D eigenvalue weighted by atomic mass is 9.74. The van der Waals surface area contributed by atoms with E-state index in [1.165, 1.54) is 0 Å². The molecular weight excluding hydrogens is 364 g/mol. The van der Waals surface area contributed by atoms with Crippen molar-refractivity contribution in [2.24, 2.45) is 5.41 Å². The number of ketones is 1. The Morgan fingerprint density at radius 1 is 1.10 bits per heavy atom. The molecule has 0 bridgehead atoms. The summed E-state index contributed by atoms with van der Waals surface area (Å²) in [6, 6.07) is 14.4. The molecule has 4 rings (SSSR count). The minimum Gasteiger partial charge on any atom is -0.497 e. The predicted octanol–water partition coefficient (Wildman–Crippen LogP) is 4.80. The lowest BCUT2D eigenvalue weighted by molar-refractivity contribution is -0.118. The van der Waals surface area contributed by atoms with Crippen LogP contribution < -0.4 is 15.0 Å². The molecule has 1 N–H and O–H groups in total. The Balaban J connectivity index is 1.83. The molecule has 1 aliphatic carbocycles. The van der Waals surface area contributed by atoms with Crippen LogP contribution in [-0.2, 0) is 4.79 Å². The van der Waals surface area contributed by atoms with Gasteiger partial charge in [-0.25, -0.2) is 0 Å². The van der Waals surface area contributed by atoms with Gasteiger partial charge in [-0.2, -0.15) is 0 Å². The first-order valence-corrected chi connectivity index (χ1v) is 9.90. The van der Waals surface area contributed by atoms with E-state index in [2.05, 4.69) is 19.2 Å². The van der Waals surface area contributed by atoms with Crippen molar-refractivity contribution in [1.29, 1.82) is 0 Å². The highest BCUT2D eigenvalue weighted by Crippen LogP contribution is 2.43. The molecule has 1 amide bonds. The van der Waals surface area contributed by atoms with E-state index in [1.807, 2.05) is 31.2 Å². The molecule has 1 heterocycles. The molecule has 2 aliphatic rings. The molecule has 29 heavy (non-hydrogen) atoms. The average molecular weight is 390 g/mol. The molecule has 0 radical (unpaired) electrons. The van der Waals surface area contributed by atoms with Crippen LogP contribution in [0.4, 0.5) is 11.4 Å². The number of hydrogen-bond donors (Lipinski definition) is 1. The Morgan fingerprint density at radius 3 is 2.48 bits per heavy atom. The molecule has 0 spiro atoms. The number of carbonyl (C=O) groups is 2. The molecule has 0 fully saturated rings. The fourth-order valence-corrected chi connectivity index (χ4v) is 4.38. The maximum absolute atomic E-state index is 13.6. The summed E-state index contributed by atoms with van der Waals surface area (Å²) in [6.45, 7) is 6.16. The normalized spacial score (nSPS) is 20.3. The Bertz CT molecular complexity index is 1010. The fraction of sp³-hybridized carbons (Fsp3) is 0.333. The van der Waals surface area contributed by atoms with E-state index < -0.39 is 0 Å². The first-order chi connectivity index (χ1) is 13.8. The maximum Gasteiger partial charge on any atom is 0.258 e. The fourth-order valence-electron chi connectivity index (χ4n) is 4.38. The van der Waals surface area contributed by atoms with E-state index in [0.717, 1.165) is 23.5 Å². The van der Waals surface area contributed by atoms with Crippen LogP contribution in [-0.4, -0.2) is 24.8 Å². The van der Waals surface area contributed by atoms with Crippen LogP contribution in [0.2, 0.25) is 0 Å². The molecule has 0 unspecified atom stereocenters. The molecule has 5 heteroatoms. The predicted molar refractivity (Wildman–Crippen MR) is 114 cm³/mol. The second kappa shape index (κ2) is 7.07. The monoisotopic (exact) mass is 390 g/mol. The van der Waals surface area contributed by atoms with Crippen molar-refractivity contribution in [2.75, 3.05) is 17.3 Å². The lowest BCUT2D eigenvalue weighted by Crippen LogP contribution is -2.43. The number of hydrogen-bond acceptors (Lipinski definition) is 4. The highest BCUT2D eigenvalue weighted by molar-refractivity contribution is 6.11. The Kier molecular flexibility index (Phi) is 4.69. The van der Waals surface area contributed by atoms with Crippen LogP contribution in [0.3, 0.4) is 0 Å². The summed E-state index contributed by atoms with van der Waals surface area (Å²) in [5.41, 5.74) is 3.71. The number of anilines is 2. The number of fused-ring (bicyclic) bond motifs is 1. The van der Waals surface area contributed by atoms with Gasteiger partial charge in [-0.3, -0.25) is 14.5 Å². The number of allylic oxidation sites excluding steroid dienone is 1. The molecule has 2 aromatic rings. The van der Waals surface area contributed by atoms with Crippen molar-refractivity contribution in [1.82, 2.24) is 0 Å². The second-order valence-electron chi connectivity index (χ2n) is 8.55. The smallest absolute Gasteiger partial charge is 0.258 e. The van der Waals surface area contributed by atoms with E-state index in [9.17, 15) is 9.59 Å². The third-order valence-electron chi connectivity index (χ3n) is 5.73. The number of amides is 1. The zero-order chi connectivity index (χ0) is 20.8. The van der Waals surface area contributed by atoms with Crippen molar-refractivity contribution in [2.45, 2.75) is 39.7 Å².